The zero-order valence-electron chi connectivity index (χ0n) is 35.3. The lowest BCUT2D eigenvalue weighted by molar-refractivity contribution is -0.207. The summed E-state index contributed by atoms with van der Waals surface area (Å²) in [4.78, 5) is 110. The molecule has 0 fully saturated rings. The minimum absolute atomic E-state index is 0.00745. The number of rotatable bonds is 29. The summed E-state index contributed by atoms with van der Waals surface area (Å²) in [5.74, 6) is -14.2. The second-order valence-electron chi connectivity index (χ2n) is 12.8. The zero-order chi connectivity index (χ0) is 48.1. The maximum atomic E-state index is 13.1. The third kappa shape index (κ3) is 22.3. The topological polar surface area (TPSA) is 248 Å². The van der Waals surface area contributed by atoms with Gasteiger partial charge in [0.15, 0.2) is 0 Å². The van der Waals surface area contributed by atoms with E-state index in [-0.39, 0.29) is 6.42 Å². The Morgan fingerprint density at radius 3 is 1.24 bits per heavy atom. The smallest absolute Gasteiger partial charge is 0.333 e. The summed E-state index contributed by atoms with van der Waals surface area (Å²) in [6.45, 7) is 35.7. The molecule has 0 saturated carbocycles. The molecule has 0 aliphatic rings. The summed E-state index contributed by atoms with van der Waals surface area (Å²) in [6.07, 6.45) is -0.343. The molecule has 0 aromatic carbocycles. The Morgan fingerprint density at radius 2 is 0.839 bits per heavy atom. The predicted octanol–water partition coefficient (Wildman–Crippen LogP) is 4.78. The maximum Gasteiger partial charge on any atom is 0.333 e. The number of esters is 8. The summed E-state index contributed by atoms with van der Waals surface area (Å²) in [5.41, 5.74) is 0. The minimum atomic E-state index is -1.79. The Morgan fingerprint density at radius 1 is 0.468 bits per heavy atom. The van der Waals surface area contributed by atoms with Gasteiger partial charge < -0.3 is 43.0 Å². The number of carbonyl (C=O) groups excluding carboxylic acids is 8. The van der Waals surface area contributed by atoms with Crippen molar-refractivity contribution in [1.29, 1.82) is 0 Å². The Bertz CT molecular complexity index is 1650. The monoisotopic (exact) mass is 872 g/mol. The van der Waals surface area contributed by atoms with E-state index in [1.54, 1.807) is 13.8 Å². The molecule has 0 spiro atoms. The van der Waals surface area contributed by atoms with Crippen LogP contribution in [0.4, 0.5) is 0 Å². The fourth-order valence-corrected chi connectivity index (χ4v) is 6.00. The molecular weight excluding hydrogens is 816 g/mol. The molecule has 8 unspecified atom stereocenters. The minimum Gasteiger partial charge on any atom is -0.478 e. The van der Waals surface area contributed by atoms with Crippen LogP contribution in [0.15, 0.2) is 114 Å². The van der Waals surface area contributed by atoms with Crippen molar-refractivity contribution in [2.75, 3.05) is 6.61 Å². The first-order valence-corrected chi connectivity index (χ1v) is 18.6. The van der Waals surface area contributed by atoms with Crippen molar-refractivity contribution < 1.29 is 86.2 Å². The van der Waals surface area contributed by atoms with E-state index in [0.29, 0.717) is 0 Å². The first-order chi connectivity index (χ1) is 29.1. The van der Waals surface area contributed by atoms with Crippen molar-refractivity contribution in [3.63, 3.8) is 0 Å². The van der Waals surface area contributed by atoms with E-state index in [1.807, 2.05) is 0 Å². The third-order valence-corrected chi connectivity index (χ3v) is 8.57. The van der Waals surface area contributed by atoms with Gasteiger partial charge in [-0.05, 0) is 32.1 Å². The molecule has 18 heteroatoms. The van der Waals surface area contributed by atoms with Crippen LogP contribution in [0, 0.1) is 29.6 Å². The van der Waals surface area contributed by atoms with Crippen LogP contribution in [0.25, 0.3) is 0 Å². The zero-order valence-corrected chi connectivity index (χ0v) is 35.3. The second-order valence-corrected chi connectivity index (χ2v) is 12.8. The van der Waals surface area contributed by atoms with Crippen LogP contribution in [0.3, 0.4) is 0 Å². The Balaban J connectivity index is 0. The lowest BCUT2D eigenvalue weighted by Crippen LogP contribution is -2.51. The van der Waals surface area contributed by atoms with Crippen LogP contribution in [0.1, 0.15) is 40.5 Å². The molecule has 0 radical (unpaired) electrons. The average molecular weight is 873 g/mol. The molecule has 0 bridgehead atoms. The van der Waals surface area contributed by atoms with Crippen LogP contribution in [-0.4, -0.2) is 96.3 Å². The van der Waals surface area contributed by atoms with Crippen molar-refractivity contribution in [3.05, 3.63) is 114 Å². The van der Waals surface area contributed by atoms with E-state index in [9.17, 15) is 43.2 Å². The number of carboxylic acid groups (broad SMARTS) is 1. The molecule has 18 nitrogen and oxygen atoms in total. The first-order valence-electron chi connectivity index (χ1n) is 18.6. The molecule has 0 aromatic rings. The highest BCUT2D eigenvalue weighted by Gasteiger charge is 2.49. The number of ether oxygens (including phenoxy) is 8. The van der Waals surface area contributed by atoms with Gasteiger partial charge in [-0.2, -0.15) is 0 Å². The van der Waals surface area contributed by atoms with Crippen molar-refractivity contribution >= 4 is 53.7 Å². The van der Waals surface area contributed by atoms with E-state index >= 15 is 0 Å². The van der Waals surface area contributed by atoms with E-state index in [0.717, 1.165) is 54.7 Å². The van der Waals surface area contributed by atoms with Crippen molar-refractivity contribution in [2.24, 2.45) is 29.6 Å². The normalized spacial score (nSPS) is 14.0. The summed E-state index contributed by atoms with van der Waals surface area (Å²) < 4.78 is 44.1. The summed E-state index contributed by atoms with van der Waals surface area (Å²) in [7, 11) is 0. The van der Waals surface area contributed by atoms with Gasteiger partial charge in [-0.15, -0.1) is 0 Å². The molecule has 62 heavy (non-hydrogen) atoms. The number of aliphatic carboxylic acids is 1. The third-order valence-electron chi connectivity index (χ3n) is 8.57. The molecule has 1 N–H and O–H groups in total. The van der Waals surface area contributed by atoms with Crippen LogP contribution >= 0.6 is 0 Å². The van der Waals surface area contributed by atoms with Gasteiger partial charge in [-0.25, -0.2) is 43.2 Å². The van der Waals surface area contributed by atoms with Gasteiger partial charge in [-0.3, -0.25) is 0 Å². The number of hydrogen-bond acceptors (Lipinski definition) is 17. The fourth-order valence-electron chi connectivity index (χ4n) is 6.00. The SMILES string of the molecule is C=CC(=O)O.C=CC(=O)OCC(C(C)C(OC(=O)C=C)OC(=O)C=C)C(C(C)CC(C)OC(=O)C=C)C(C(C)OC(=O)C=C)C(CC(OC(=O)C=C)OC(=O)C=C)OC(=O)C=C. The number of carbonyl (C=O) groups is 9. The van der Waals surface area contributed by atoms with Crippen molar-refractivity contribution in [1.82, 2.24) is 0 Å². The van der Waals surface area contributed by atoms with Gasteiger partial charge in [0.1, 0.15) is 12.2 Å². The Hall–Kier alpha value is -7.11. The van der Waals surface area contributed by atoms with E-state index < -0.39 is 127 Å². The van der Waals surface area contributed by atoms with Crippen LogP contribution in [0.2, 0.25) is 0 Å². The first kappa shape index (κ1) is 57.0. The Kier molecular flexibility index (Phi) is 28.4. The quantitative estimate of drug-likeness (QED) is 0.0460. The van der Waals surface area contributed by atoms with Gasteiger partial charge in [0, 0.05) is 72.4 Å². The van der Waals surface area contributed by atoms with Crippen LogP contribution in [-0.2, 0) is 81.0 Å². The summed E-state index contributed by atoms with van der Waals surface area (Å²) >= 11 is 0. The van der Waals surface area contributed by atoms with Crippen LogP contribution in [0.5, 0.6) is 0 Å². The van der Waals surface area contributed by atoms with Crippen LogP contribution < -0.4 is 0 Å². The van der Waals surface area contributed by atoms with Gasteiger partial charge in [0.05, 0.1) is 19.1 Å². The molecular formula is C44H56O18. The van der Waals surface area contributed by atoms with Crippen molar-refractivity contribution in [3.8, 4) is 0 Å². The largest absolute Gasteiger partial charge is 0.478 e. The van der Waals surface area contributed by atoms with E-state index in [2.05, 4.69) is 59.2 Å². The molecule has 0 aromatic heterocycles. The highest BCUT2D eigenvalue weighted by atomic mass is 16.7. The molecule has 0 aliphatic heterocycles. The highest BCUT2D eigenvalue weighted by molar-refractivity contribution is 5.84. The molecule has 0 aliphatic carbocycles. The molecule has 340 valence electrons. The van der Waals surface area contributed by atoms with Gasteiger partial charge in [0.25, 0.3) is 12.6 Å². The van der Waals surface area contributed by atoms with Crippen molar-refractivity contribution in [2.45, 2.75) is 71.4 Å². The maximum absolute atomic E-state index is 13.1. The highest BCUT2D eigenvalue weighted by Crippen LogP contribution is 2.44. The Labute approximate surface area is 360 Å². The lowest BCUT2D eigenvalue weighted by Gasteiger charge is -2.46. The molecule has 0 amide bonds. The average Bonchev–Trinajstić information content (AvgIpc) is 3.24. The lowest BCUT2D eigenvalue weighted by atomic mass is 9.64. The molecule has 0 rings (SSSR count). The van der Waals surface area contributed by atoms with Gasteiger partial charge >= 0.3 is 53.7 Å². The van der Waals surface area contributed by atoms with Gasteiger partial charge in [0.2, 0.25) is 0 Å². The molecule has 0 heterocycles. The number of carboxylic acids is 1. The number of hydrogen-bond donors (Lipinski definition) is 1. The van der Waals surface area contributed by atoms with E-state index in [1.165, 1.54) is 13.8 Å². The second kappa shape index (κ2) is 30.9. The summed E-state index contributed by atoms with van der Waals surface area (Å²) in [5, 5.41) is 7.60. The standard InChI is InChI=1S/C41H52O16.C3H4O2/c1-13-30(42)50-23-28(26(11)41(56-36(48)19-7)57-37(49)20-8)39(24(9)21-25(10)51-31(43)14-2)40(27(12)52-32(44)15-3)29(53-33(45)16-4)22-38(54-34(46)17-5)55-35(47)18-6;1-2-3(4)5/h13-20,24-29,38-41H,1-8,21-23H2,9-12H3;2H,1H2,(H,4,5). The molecule has 0 saturated heterocycles. The van der Waals surface area contributed by atoms with Gasteiger partial charge in [-0.1, -0.05) is 73.1 Å². The predicted molar refractivity (Wildman–Crippen MR) is 221 cm³/mol. The van der Waals surface area contributed by atoms with E-state index in [4.69, 9.17) is 43.0 Å². The molecule has 8 atom stereocenters. The fraction of sp³-hybridized carbons (Fsp3) is 0.386. The summed E-state index contributed by atoms with van der Waals surface area (Å²) in [6, 6.07) is 0.